The van der Waals surface area contributed by atoms with Gasteiger partial charge in [-0.3, -0.25) is 9.10 Å². The fourth-order valence-electron chi connectivity index (χ4n) is 2.83. The number of aryl methyl sites for hydroxylation is 1. The smallest absolute Gasteiger partial charge is 0.264 e. The zero-order valence-corrected chi connectivity index (χ0v) is 17.3. The molecule has 0 bridgehead atoms. The molecule has 30 heavy (non-hydrogen) atoms. The molecule has 9 heteroatoms. The van der Waals surface area contributed by atoms with Crippen LogP contribution in [0.5, 0.6) is 0 Å². The van der Waals surface area contributed by atoms with E-state index in [0.717, 1.165) is 16.4 Å². The number of rotatable bonds is 6. The normalized spacial score (nSPS) is 11.2. The van der Waals surface area contributed by atoms with Gasteiger partial charge in [0.15, 0.2) is 0 Å². The minimum atomic E-state index is -4.12. The number of benzene rings is 3. The standard InChI is InChI=1S/C21H17ClF2N2O3S/c1-14-11-15(22)7-10-20(14)26(30(28,29)17-5-3-2-4-6-17)13-21(27)25-19-9-8-16(23)12-18(19)24/h2-12H,13H2,1H3,(H,25,27). The lowest BCUT2D eigenvalue weighted by Crippen LogP contribution is -2.38. The van der Waals surface area contributed by atoms with E-state index in [2.05, 4.69) is 5.32 Å². The maximum absolute atomic E-state index is 13.9. The van der Waals surface area contributed by atoms with Gasteiger partial charge in [0.05, 0.1) is 16.3 Å². The number of anilines is 2. The summed E-state index contributed by atoms with van der Waals surface area (Å²) >= 11 is 5.98. The van der Waals surface area contributed by atoms with E-state index in [0.29, 0.717) is 16.7 Å². The van der Waals surface area contributed by atoms with Crippen molar-refractivity contribution < 1.29 is 22.0 Å². The van der Waals surface area contributed by atoms with Crippen molar-refractivity contribution in [1.82, 2.24) is 0 Å². The Morgan fingerprint density at radius 3 is 2.37 bits per heavy atom. The summed E-state index contributed by atoms with van der Waals surface area (Å²) in [6.45, 7) is 1.03. The lowest BCUT2D eigenvalue weighted by atomic mass is 10.2. The highest BCUT2D eigenvalue weighted by atomic mass is 35.5. The SMILES string of the molecule is Cc1cc(Cl)ccc1N(CC(=O)Nc1ccc(F)cc1F)S(=O)(=O)c1ccccc1. The first-order chi connectivity index (χ1) is 14.2. The molecule has 1 amide bonds. The molecule has 0 saturated carbocycles. The molecule has 0 unspecified atom stereocenters. The van der Waals surface area contributed by atoms with Gasteiger partial charge in [-0.2, -0.15) is 0 Å². The average molecular weight is 451 g/mol. The predicted octanol–water partition coefficient (Wildman–Crippen LogP) is 4.76. The highest BCUT2D eigenvalue weighted by Crippen LogP contribution is 2.29. The lowest BCUT2D eigenvalue weighted by molar-refractivity contribution is -0.114. The summed E-state index contributed by atoms with van der Waals surface area (Å²) in [5.74, 6) is -2.56. The van der Waals surface area contributed by atoms with Crippen molar-refractivity contribution in [1.29, 1.82) is 0 Å². The lowest BCUT2D eigenvalue weighted by Gasteiger charge is -2.25. The number of hydrogen-bond acceptors (Lipinski definition) is 3. The Kier molecular flexibility index (Phi) is 6.38. The Hall–Kier alpha value is -2.97. The quantitative estimate of drug-likeness (QED) is 0.588. The van der Waals surface area contributed by atoms with E-state index < -0.39 is 34.1 Å². The molecule has 1 N–H and O–H groups in total. The van der Waals surface area contributed by atoms with Crippen molar-refractivity contribution in [2.45, 2.75) is 11.8 Å². The zero-order chi connectivity index (χ0) is 21.9. The van der Waals surface area contributed by atoms with Crippen molar-refractivity contribution in [3.05, 3.63) is 89.0 Å². The van der Waals surface area contributed by atoms with Crippen LogP contribution in [0.25, 0.3) is 0 Å². The Morgan fingerprint density at radius 2 is 1.73 bits per heavy atom. The topological polar surface area (TPSA) is 66.5 Å². The van der Waals surface area contributed by atoms with Crippen LogP contribution >= 0.6 is 11.6 Å². The maximum Gasteiger partial charge on any atom is 0.264 e. The molecule has 0 aliphatic heterocycles. The largest absolute Gasteiger partial charge is 0.322 e. The van der Waals surface area contributed by atoms with Crippen LogP contribution in [0.3, 0.4) is 0 Å². The number of hydrogen-bond donors (Lipinski definition) is 1. The molecule has 0 radical (unpaired) electrons. The van der Waals surface area contributed by atoms with Gasteiger partial charge in [-0.1, -0.05) is 29.8 Å². The molecule has 0 saturated heterocycles. The highest BCUT2D eigenvalue weighted by molar-refractivity contribution is 7.92. The van der Waals surface area contributed by atoms with E-state index in [1.807, 2.05) is 0 Å². The summed E-state index contributed by atoms with van der Waals surface area (Å²) in [6, 6.07) is 14.9. The number of nitrogens with zero attached hydrogens (tertiary/aromatic N) is 1. The van der Waals surface area contributed by atoms with E-state index in [-0.39, 0.29) is 16.3 Å². The van der Waals surface area contributed by atoms with Crippen molar-refractivity contribution in [2.24, 2.45) is 0 Å². The van der Waals surface area contributed by atoms with E-state index in [9.17, 15) is 22.0 Å². The second kappa shape index (κ2) is 8.81. The molecule has 3 aromatic rings. The van der Waals surface area contributed by atoms with Crippen LogP contribution in [-0.4, -0.2) is 20.9 Å². The van der Waals surface area contributed by atoms with Gasteiger partial charge in [-0.05, 0) is 55.0 Å². The van der Waals surface area contributed by atoms with E-state index in [1.54, 1.807) is 31.2 Å². The summed E-state index contributed by atoms with van der Waals surface area (Å²) < 4.78 is 54.4. The molecule has 0 heterocycles. The molecule has 0 aromatic heterocycles. The van der Waals surface area contributed by atoms with Gasteiger partial charge in [0.2, 0.25) is 5.91 Å². The molecular formula is C21H17ClF2N2O3S. The number of nitrogens with one attached hydrogen (secondary N) is 1. The minimum absolute atomic E-state index is 0.0138. The third-order valence-electron chi connectivity index (χ3n) is 4.25. The van der Waals surface area contributed by atoms with Crippen LogP contribution in [0.2, 0.25) is 5.02 Å². The van der Waals surface area contributed by atoms with Crippen LogP contribution in [0.4, 0.5) is 20.2 Å². The number of sulfonamides is 1. The number of carbonyl (C=O) groups is 1. The number of amides is 1. The van der Waals surface area contributed by atoms with Crippen molar-refractivity contribution in [3.63, 3.8) is 0 Å². The summed E-state index contributed by atoms with van der Waals surface area (Å²) in [5, 5.41) is 2.69. The highest BCUT2D eigenvalue weighted by Gasteiger charge is 2.28. The van der Waals surface area contributed by atoms with Gasteiger partial charge >= 0.3 is 0 Å². The Balaban J connectivity index is 1.98. The van der Waals surface area contributed by atoms with Crippen molar-refractivity contribution >= 4 is 38.9 Å². The Labute approximate surface area is 178 Å². The molecule has 0 atom stereocenters. The van der Waals surface area contributed by atoms with Crippen molar-refractivity contribution in [2.75, 3.05) is 16.2 Å². The second-order valence-electron chi connectivity index (χ2n) is 6.43. The molecule has 0 spiro atoms. The first kappa shape index (κ1) is 21.7. The fourth-order valence-corrected chi connectivity index (χ4v) is 4.56. The fraction of sp³-hybridized carbons (Fsp3) is 0.0952. The number of halogens is 3. The first-order valence-corrected chi connectivity index (χ1v) is 10.6. The Bertz CT molecular complexity index is 1190. The summed E-state index contributed by atoms with van der Waals surface area (Å²) in [7, 11) is -4.12. The molecule has 156 valence electrons. The predicted molar refractivity (Wildman–Crippen MR) is 112 cm³/mol. The van der Waals surface area contributed by atoms with Crippen LogP contribution in [0, 0.1) is 18.6 Å². The van der Waals surface area contributed by atoms with Crippen LogP contribution < -0.4 is 9.62 Å². The van der Waals surface area contributed by atoms with E-state index >= 15 is 0 Å². The Morgan fingerprint density at radius 1 is 1.03 bits per heavy atom. The minimum Gasteiger partial charge on any atom is -0.322 e. The zero-order valence-electron chi connectivity index (χ0n) is 15.8. The van der Waals surface area contributed by atoms with E-state index in [1.165, 1.54) is 24.3 Å². The monoisotopic (exact) mass is 450 g/mol. The van der Waals surface area contributed by atoms with Gasteiger partial charge in [-0.25, -0.2) is 17.2 Å². The molecule has 0 fully saturated rings. The molecule has 5 nitrogen and oxygen atoms in total. The number of carbonyl (C=O) groups excluding carboxylic acids is 1. The molecule has 0 aliphatic rings. The van der Waals surface area contributed by atoms with Gasteiger partial charge < -0.3 is 5.32 Å². The third-order valence-corrected chi connectivity index (χ3v) is 6.26. The van der Waals surface area contributed by atoms with Gasteiger partial charge in [0.25, 0.3) is 10.0 Å². The van der Waals surface area contributed by atoms with Crippen LogP contribution in [-0.2, 0) is 14.8 Å². The molecule has 0 aliphatic carbocycles. The van der Waals surface area contributed by atoms with Crippen molar-refractivity contribution in [3.8, 4) is 0 Å². The average Bonchev–Trinajstić information content (AvgIpc) is 2.69. The maximum atomic E-state index is 13.9. The first-order valence-electron chi connectivity index (χ1n) is 8.77. The van der Waals surface area contributed by atoms with Gasteiger partial charge in [0, 0.05) is 11.1 Å². The summed E-state index contributed by atoms with van der Waals surface area (Å²) in [6.07, 6.45) is 0. The summed E-state index contributed by atoms with van der Waals surface area (Å²) in [5.41, 5.74) is 0.520. The van der Waals surface area contributed by atoms with Crippen LogP contribution in [0.15, 0.2) is 71.6 Å². The second-order valence-corrected chi connectivity index (χ2v) is 8.73. The molecular weight excluding hydrogens is 434 g/mol. The molecule has 3 rings (SSSR count). The van der Waals surface area contributed by atoms with Crippen LogP contribution in [0.1, 0.15) is 5.56 Å². The van der Waals surface area contributed by atoms with Gasteiger partial charge in [0.1, 0.15) is 18.2 Å². The van der Waals surface area contributed by atoms with E-state index in [4.69, 9.17) is 11.6 Å². The molecule has 3 aromatic carbocycles. The summed E-state index contributed by atoms with van der Waals surface area (Å²) in [4.78, 5) is 12.6. The van der Waals surface area contributed by atoms with Gasteiger partial charge in [-0.15, -0.1) is 0 Å². The third kappa shape index (κ3) is 4.77.